The summed E-state index contributed by atoms with van der Waals surface area (Å²) < 4.78 is 4.89. The largest absolute Gasteiger partial charge is 0.383 e. The zero-order valence-corrected chi connectivity index (χ0v) is 9.81. The first-order valence-electron chi connectivity index (χ1n) is 5.38. The molecule has 6 nitrogen and oxygen atoms in total. The van der Waals surface area contributed by atoms with Crippen molar-refractivity contribution in [3.63, 3.8) is 0 Å². The van der Waals surface area contributed by atoms with Gasteiger partial charge >= 0.3 is 0 Å². The molecule has 1 heterocycles. The molecule has 1 atom stereocenters. The van der Waals surface area contributed by atoms with Crippen LogP contribution in [0, 0.1) is 0 Å². The van der Waals surface area contributed by atoms with Crippen molar-refractivity contribution in [2.24, 2.45) is 5.73 Å². The molecule has 0 radical (unpaired) electrons. The summed E-state index contributed by atoms with van der Waals surface area (Å²) >= 11 is 0. The topological polar surface area (TPSA) is 75.9 Å². The van der Waals surface area contributed by atoms with E-state index in [4.69, 9.17) is 10.5 Å². The smallest absolute Gasteiger partial charge is 0.242 e. The molecule has 1 saturated heterocycles. The Balaban J connectivity index is 2.50. The van der Waals surface area contributed by atoms with Gasteiger partial charge in [0.15, 0.2) is 0 Å². The molecule has 0 aromatic heterocycles. The van der Waals surface area contributed by atoms with E-state index in [0.29, 0.717) is 19.7 Å². The number of hydrogen-bond donors (Lipinski definition) is 1. The Bertz CT molecular complexity index is 270. The second-order valence-electron chi connectivity index (χ2n) is 3.90. The SMILES string of the molecule is CCN1CC(=O)N(CC(N)COC)CC1=O. The molecule has 0 saturated carbocycles. The molecule has 1 aliphatic heterocycles. The average Bonchev–Trinajstić information content (AvgIpc) is 2.23. The quantitative estimate of drug-likeness (QED) is 0.632. The molecule has 1 aliphatic rings. The van der Waals surface area contributed by atoms with Crippen molar-refractivity contribution in [1.29, 1.82) is 0 Å². The molecule has 6 heteroatoms. The van der Waals surface area contributed by atoms with Crippen LogP contribution in [-0.4, -0.2) is 67.6 Å². The monoisotopic (exact) mass is 229 g/mol. The van der Waals surface area contributed by atoms with Gasteiger partial charge in [-0.25, -0.2) is 0 Å². The van der Waals surface area contributed by atoms with Crippen molar-refractivity contribution in [1.82, 2.24) is 9.80 Å². The van der Waals surface area contributed by atoms with Gasteiger partial charge in [-0.2, -0.15) is 0 Å². The van der Waals surface area contributed by atoms with E-state index < -0.39 is 0 Å². The van der Waals surface area contributed by atoms with Gasteiger partial charge in [-0.05, 0) is 6.92 Å². The maximum absolute atomic E-state index is 11.7. The Hall–Kier alpha value is -1.14. The molecule has 0 aromatic carbocycles. The maximum Gasteiger partial charge on any atom is 0.242 e. The zero-order chi connectivity index (χ0) is 12.1. The van der Waals surface area contributed by atoms with E-state index in [2.05, 4.69) is 0 Å². The predicted molar refractivity (Wildman–Crippen MR) is 58.7 cm³/mol. The van der Waals surface area contributed by atoms with Crippen LogP contribution < -0.4 is 5.73 Å². The lowest BCUT2D eigenvalue weighted by Gasteiger charge is -2.34. The number of carbonyl (C=O) groups excluding carboxylic acids is 2. The number of methoxy groups -OCH3 is 1. The lowest BCUT2D eigenvalue weighted by Crippen LogP contribution is -2.56. The van der Waals surface area contributed by atoms with Gasteiger partial charge in [0.25, 0.3) is 0 Å². The van der Waals surface area contributed by atoms with Crippen LogP contribution in [0.3, 0.4) is 0 Å². The minimum Gasteiger partial charge on any atom is -0.383 e. The van der Waals surface area contributed by atoms with Crippen molar-refractivity contribution >= 4 is 11.8 Å². The van der Waals surface area contributed by atoms with Gasteiger partial charge in [0.1, 0.15) is 0 Å². The van der Waals surface area contributed by atoms with E-state index >= 15 is 0 Å². The highest BCUT2D eigenvalue weighted by molar-refractivity contribution is 5.92. The number of carbonyl (C=O) groups is 2. The lowest BCUT2D eigenvalue weighted by molar-refractivity contribution is -0.150. The summed E-state index contributed by atoms with van der Waals surface area (Å²) in [6, 6.07) is -0.241. The van der Waals surface area contributed by atoms with Crippen LogP contribution in [0.15, 0.2) is 0 Å². The molecule has 16 heavy (non-hydrogen) atoms. The molecule has 0 aliphatic carbocycles. The Morgan fingerprint density at radius 1 is 1.31 bits per heavy atom. The van der Waals surface area contributed by atoms with Crippen LogP contribution in [0.1, 0.15) is 6.92 Å². The Labute approximate surface area is 95.3 Å². The molecule has 1 rings (SSSR count). The number of piperazine rings is 1. The summed E-state index contributed by atoms with van der Waals surface area (Å²) in [7, 11) is 1.56. The summed E-state index contributed by atoms with van der Waals surface area (Å²) in [6.45, 7) is 3.48. The van der Waals surface area contributed by atoms with Gasteiger partial charge in [0.05, 0.1) is 19.7 Å². The van der Waals surface area contributed by atoms with Gasteiger partial charge in [0.2, 0.25) is 11.8 Å². The normalized spacial score (nSPS) is 19.2. The molecule has 0 spiro atoms. The molecule has 1 fully saturated rings. The van der Waals surface area contributed by atoms with Crippen LogP contribution in [0.25, 0.3) is 0 Å². The fraction of sp³-hybridized carbons (Fsp3) is 0.800. The number of hydrogen-bond acceptors (Lipinski definition) is 4. The van der Waals surface area contributed by atoms with E-state index in [1.807, 2.05) is 6.92 Å². The minimum atomic E-state index is -0.241. The summed E-state index contributed by atoms with van der Waals surface area (Å²) in [5.41, 5.74) is 5.75. The first kappa shape index (κ1) is 12.9. The summed E-state index contributed by atoms with van der Waals surface area (Å²) in [6.07, 6.45) is 0. The van der Waals surface area contributed by atoms with Gasteiger partial charge in [-0.3, -0.25) is 9.59 Å². The van der Waals surface area contributed by atoms with Gasteiger partial charge in [-0.15, -0.1) is 0 Å². The highest BCUT2D eigenvalue weighted by Crippen LogP contribution is 2.05. The first-order valence-corrected chi connectivity index (χ1v) is 5.38. The standard InChI is InChI=1S/C10H19N3O3/c1-3-12-5-10(15)13(6-9(12)14)4-8(11)7-16-2/h8H,3-7,11H2,1-2H3. The molecule has 92 valence electrons. The molecule has 2 N–H and O–H groups in total. The van der Waals surface area contributed by atoms with Crippen LogP contribution in [0.2, 0.25) is 0 Å². The van der Waals surface area contributed by atoms with Crippen molar-refractivity contribution in [3.05, 3.63) is 0 Å². The molecule has 1 unspecified atom stereocenters. The Kier molecular flexibility index (Phi) is 4.70. The molecular formula is C10H19N3O3. The zero-order valence-electron chi connectivity index (χ0n) is 9.81. The maximum atomic E-state index is 11.7. The van der Waals surface area contributed by atoms with Crippen LogP contribution in [-0.2, 0) is 14.3 Å². The van der Waals surface area contributed by atoms with Gasteiger partial charge in [0, 0.05) is 26.2 Å². The third-order valence-electron chi connectivity index (χ3n) is 2.58. The average molecular weight is 229 g/mol. The highest BCUT2D eigenvalue weighted by Gasteiger charge is 2.29. The van der Waals surface area contributed by atoms with E-state index in [0.717, 1.165) is 0 Å². The number of likely N-dealkylation sites (N-methyl/N-ethyl adjacent to an activating group) is 1. The third kappa shape index (κ3) is 3.18. The first-order chi connectivity index (χ1) is 7.58. The van der Waals surface area contributed by atoms with E-state index in [1.54, 1.807) is 12.0 Å². The van der Waals surface area contributed by atoms with Crippen LogP contribution in [0.5, 0.6) is 0 Å². The number of ether oxygens (including phenoxy) is 1. The fourth-order valence-corrected chi connectivity index (χ4v) is 1.71. The predicted octanol–water partition coefficient (Wildman–Crippen LogP) is -1.35. The molecular weight excluding hydrogens is 210 g/mol. The lowest BCUT2D eigenvalue weighted by atomic mass is 10.2. The van der Waals surface area contributed by atoms with Crippen molar-refractivity contribution in [3.8, 4) is 0 Å². The molecule has 0 aromatic rings. The highest BCUT2D eigenvalue weighted by atomic mass is 16.5. The van der Waals surface area contributed by atoms with Crippen molar-refractivity contribution in [2.45, 2.75) is 13.0 Å². The number of nitrogens with zero attached hydrogens (tertiary/aromatic N) is 2. The Morgan fingerprint density at radius 3 is 2.44 bits per heavy atom. The number of amides is 2. The number of nitrogens with two attached hydrogens (primary N) is 1. The molecule has 2 amide bonds. The van der Waals surface area contributed by atoms with E-state index in [-0.39, 0.29) is 30.9 Å². The van der Waals surface area contributed by atoms with E-state index in [9.17, 15) is 9.59 Å². The van der Waals surface area contributed by atoms with Gasteiger partial charge in [-0.1, -0.05) is 0 Å². The number of rotatable bonds is 5. The van der Waals surface area contributed by atoms with Crippen LogP contribution in [0.4, 0.5) is 0 Å². The third-order valence-corrected chi connectivity index (χ3v) is 2.58. The van der Waals surface area contributed by atoms with Crippen LogP contribution >= 0.6 is 0 Å². The van der Waals surface area contributed by atoms with E-state index in [1.165, 1.54) is 4.90 Å². The fourth-order valence-electron chi connectivity index (χ4n) is 1.71. The summed E-state index contributed by atoms with van der Waals surface area (Å²) in [5.74, 6) is -0.0697. The van der Waals surface area contributed by atoms with Gasteiger partial charge < -0.3 is 20.3 Å². The summed E-state index contributed by atoms with van der Waals surface area (Å²) in [5, 5.41) is 0. The minimum absolute atomic E-state index is 0.0216. The van der Waals surface area contributed by atoms with Crippen molar-refractivity contribution < 1.29 is 14.3 Å². The Morgan fingerprint density at radius 2 is 1.88 bits per heavy atom. The molecule has 0 bridgehead atoms. The van der Waals surface area contributed by atoms with Crippen molar-refractivity contribution in [2.75, 3.05) is 39.9 Å². The summed E-state index contributed by atoms with van der Waals surface area (Å²) in [4.78, 5) is 26.3. The second-order valence-corrected chi connectivity index (χ2v) is 3.90. The second kappa shape index (κ2) is 5.81.